The van der Waals surface area contributed by atoms with Crippen molar-refractivity contribution < 1.29 is 9.90 Å². The average Bonchev–Trinajstić information content (AvgIpc) is 2.18. The molecule has 0 radical (unpaired) electrons. The highest BCUT2D eigenvalue weighted by Crippen LogP contribution is 2.14. The lowest BCUT2D eigenvalue weighted by Gasteiger charge is -2.07. The van der Waals surface area contributed by atoms with Crippen LogP contribution in [0.4, 0.5) is 0 Å². The molecule has 0 saturated carbocycles. The molecule has 2 nitrogen and oxygen atoms in total. The van der Waals surface area contributed by atoms with E-state index in [-0.39, 0.29) is 12.2 Å². The molecule has 0 saturated heterocycles. The zero-order chi connectivity index (χ0) is 9.68. The van der Waals surface area contributed by atoms with Gasteiger partial charge in [0.25, 0.3) is 0 Å². The second-order valence-corrected chi connectivity index (χ2v) is 2.77. The van der Waals surface area contributed by atoms with Gasteiger partial charge < -0.3 is 5.11 Å². The zero-order valence-electron chi connectivity index (χ0n) is 7.31. The summed E-state index contributed by atoms with van der Waals surface area (Å²) in [5.41, 5.74) is 0.634. The molecular formula is C11H12O2. The van der Waals surface area contributed by atoms with Gasteiger partial charge in [-0.25, -0.2) is 0 Å². The molecule has 1 aromatic carbocycles. The first-order valence-corrected chi connectivity index (χ1v) is 4.12. The minimum atomic E-state index is -1.01. The Kier molecular flexibility index (Phi) is 3.41. The van der Waals surface area contributed by atoms with Crippen LogP contribution >= 0.6 is 0 Å². The van der Waals surface area contributed by atoms with Crippen molar-refractivity contribution in [3.05, 3.63) is 48.6 Å². The summed E-state index contributed by atoms with van der Waals surface area (Å²) < 4.78 is 0. The fourth-order valence-corrected chi connectivity index (χ4v) is 1.08. The predicted molar refractivity (Wildman–Crippen MR) is 51.2 cm³/mol. The Hall–Kier alpha value is -1.41. The Labute approximate surface area is 77.5 Å². The molecule has 0 fully saturated rings. The Balaban J connectivity index is 2.73. The van der Waals surface area contributed by atoms with Crippen LogP contribution in [0.2, 0.25) is 0 Å². The molecule has 13 heavy (non-hydrogen) atoms. The largest absolute Gasteiger partial charge is 0.381 e. The number of carbonyl (C=O) groups excluding carboxylic acids is 1. The Morgan fingerprint density at radius 1 is 1.46 bits per heavy atom. The summed E-state index contributed by atoms with van der Waals surface area (Å²) in [4.78, 5) is 11.2. The summed E-state index contributed by atoms with van der Waals surface area (Å²) in [7, 11) is 0. The minimum Gasteiger partial charge on any atom is -0.381 e. The molecule has 68 valence electrons. The molecule has 0 aliphatic heterocycles. The molecule has 0 aliphatic carbocycles. The van der Waals surface area contributed by atoms with Crippen molar-refractivity contribution in [2.75, 3.05) is 0 Å². The number of hydrogen-bond donors (Lipinski definition) is 1. The molecule has 1 atom stereocenters. The predicted octanol–water partition coefficient (Wildman–Crippen LogP) is 1.87. The van der Waals surface area contributed by atoms with Crippen molar-refractivity contribution in [3.63, 3.8) is 0 Å². The van der Waals surface area contributed by atoms with Crippen molar-refractivity contribution >= 4 is 5.78 Å². The highest BCUT2D eigenvalue weighted by Gasteiger charge is 2.14. The minimum absolute atomic E-state index is 0.204. The molecule has 1 rings (SSSR count). The van der Waals surface area contributed by atoms with E-state index >= 15 is 0 Å². The molecule has 1 unspecified atom stereocenters. The van der Waals surface area contributed by atoms with Crippen molar-refractivity contribution in [3.8, 4) is 0 Å². The summed E-state index contributed by atoms with van der Waals surface area (Å²) in [5, 5.41) is 9.52. The van der Waals surface area contributed by atoms with E-state index in [4.69, 9.17) is 0 Å². The van der Waals surface area contributed by atoms with Crippen LogP contribution in [-0.2, 0) is 4.79 Å². The van der Waals surface area contributed by atoms with E-state index in [2.05, 4.69) is 6.58 Å². The molecule has 0 spiro atoms. The number of aliphatic hydroxyl groups excluding tert-OH is 1. The van der Waals surface area contributed by atoms with Gasteiger partial charge in [0.1, 0.15) is 6.10 Å². The Morgan fingerprint density at radius 2 is 2.08 bits per heavy atom. The van der Waals surface area contributed by atoms with Crippen LogP contribution in [0.5, 0.6) is 0 Å². The smallest absolute Gasteiger partial charge is 0.169 e. The fraction of sp³-hybridized carbons (Fsp3) is 0.182. The van der Waals surface area contributed by atoms with Crippen LogP contribution in [0.25, 0.3) is 0 Å². The van der Waals surface area contributed by atoms with Crippen molar-refractivity contribution in [2.24, 2.45) is 0 Å². The highest BCUT2D eigenvalue weighted by atomic mass is 16.3. The third-order valence-corrected chi connectivity index (χ3v) is 1.77. The SMILES string of the molecule is C=CCC(=O)C(O)c1ccccc1. The van der Waals surface area contributed by atoms with Crippen molar-refractivity contribution in [1.29, 1.82) is 0 Å². The van der Waals surface area contributed by atoms with Crippen LogP contribution in [0, 0.1) is 0 Å². The monoisotopic (exact) mass is 176 g/mol. The van der Waals surface area contributed by atoms with Gasteiger partial charge >= 0.3 is 0 Å². The van der Waals surface area contributed by atoms with Gasteiger partial charge in [-0.2, -0.15) is 0 Å². The van der Waals surface area contributed by atoms with Gasteiger partial charge in [0.05, 0.1) is 0 Å². The first-order valence-electron chi connectivity index (χ1n) is 4.12. The third kappa shape index (κ3) is 2.53. The van der Waals surface area contributed by atoms with E-state index in [1.807, 2.05) is 6.07 Å². The number of Topliss-reactive ketones (excluding diaryl/α,β-unsaturated/α-hetero) is 1. The Morgan fingerprint density at radius 3 is 2.62 bits per heavy atom. The molecule has 0 aliphatic rings. The number of ketones is 1. The van der Waals surface area contributed by atoms with Crippen LogP contribution in [0.3, 0.4) is 0 Å². The van der Waals surface area contributed by atoms with E-state index in [1.165, 1.54) is 6.08 Å². The second kappa shape index (κ2) is 4.58. The molecule has 1 aromatic rings. The van der Waals surface area contributed by atoms with Gasteiger partial charge in [0.2, 0.25) is 0 Å². The summed E-state index contributed by atoms with van der Waals surface area (Å²) in [6.07, 6.45) is 0.684. The average molecular weight is 176 g/mol. The maximum absolute atomic E-state index is 11.2. The van der Waals surface area contributed by atoms with E-state index in [0.29, 0.717) is 5.56 Å². The molecule has 0 amide bonds. The first kappa shape index (κ1) is 9.68. The van der Waals surface area contributed by atoms with Gasteiger partial charge in [-0.1, -0.05) is 36.4 Å². The topological polar surface area (TPSA) is 37.3 Å². The molecule has 0 heterocycles. The quantitative estimate of drug-likeness (QED) is 0.711. The number of hydrogen-bond acceptors (Lipinski definition) is 2. The maximum Gasteiger partial charge on any atom is 0.169 e. The maximum atomic E-state index is 11.2. The standard InChI is InChI=1S/C11H12O2/c1-2-6-10(12)11(13)9-7-4-3-5-8-9/h2-5,7-8,11,13H,1,6H2. The van der Waals surface area contributed by atoms with Gasteiger partial charge in [-0.15, -0.1) is 6.58 Å². The molecule has 2 heteroatoms. The number of carbonyl (C=O) groups is 1. The van der Waals surface area contributed by atoms with E-state index in [1.54, 1.807) is 24.3 Å². The summed E-state index contributed by atoms with van der Waals surface area (Å²) in [5.74, 6) is -0.221. The number of aliphatic hydroxyl groups is 1. The normalized spacial score (nSPS) is 12.1. The van der Waals surface area contributed by atoms with Gasteiger partial charge in [0, 0.05) is 6.42 Å². The summed E-state index contributed by atoms with van der Waals surface area (Å²) in [6, 6.07) is 8.88. The zero-order valence-corrected chi connectivity index (χ0v) is 7.31. The van der Waals surface area contributed by atoms with E-state index in [0.717, 1.165) is 0 Å². The molecule has 1 N–H and O–H groups in total. The fourth-order valence-electron chi connectivity index (χ4n) is 1.08. The van der Waals surface area contributed by atoms with Gasteiger partial charge in [0.15, 0.2) is 5.78 Å². The highest BCUT2D eigenvalue weighted by molar-refractivity contribution is 5.85. The molecular weight excluding hydrogens is 164 g/mol. The molecule has 0 bridgehead atoms. The number of rotatable bonds is 4. The van der Waals surface area contributed by atoms with Crippen molar-refractivity contribution in [1.82, 2.24) is 0 Å². The van der Waals surface area contributed by atoms with E-state index in [9.17, 15) is 9.90 Å². The number of allylic oxidation sites excluding steroid dienone is 1. The Bertz CT molecular complexity index is 290. The van der Waals surface area contributed by atoms with Crippen LogP contribution in [0.15, 0.2) is 43.0 Å². The number of benzene rings is 1. The first-order chi connectivity index (χ1) is 6.25. The third-order valence-electron chi connectivity index (χ3n) is 1.77. The summed E-state index contributed by atoms with van der Waals surface area (Å²) >= 11 is 0. The summed E-state index contributed by atoms with van der Waals surface area (Å²) in [6.45, 7) is 3.44. The van der Waals surface area contributed by atoms with Crippen LogP contribution in [0.1, 0.15) is 18.1 Å². The van der Waals surface area contributed by atoms with Gasteiger partial charge in [-0.3, -0.25) is 4.79 Å². The van der Waals surface area contributed by atoms with Crippen molar-refractivity contribution in [2.45, 2.75) is 12.5 Å². The lowest BCUT2D eigenvalue weighted by atomic mass is 10.0. The lowest BCUT2D eigenvalue weighted by molar-refractivity contribution is -0.126. The lowest BCUT2D eigenvalue weighted by Crippen LogP contribution is -2.10. The van der Waals surface area contributed by atoms with E-state index < -0.39 is 6.10 Å². The van der Waals surface area contributed by atoms with Crippen LogP contribution in [-0.4, -0.2) is 10.9 Å². The molecule has 0 aromatic heterocycles. The van der Waals surface area contributed by atoms with Crippen LogP contribution < -0.4 is 0 Å². The van der Waals surface area contributed by atoms with Gasteiger partial charge in [-0.05, 0) is 5.56 Å². The second-order valence-electron chi connectivity index (χ2n) is 2.77.